The number of rotatable bonds is 7. The number of aromatic nitrogens is 1. The number of carbonyl (C=O) groups excluding carboxylic acids is 2. The molecule has 166 valence electrons. The Bertz CT molecular complexity index is 1060. The van der Waals surface area contributed by atoms with Gasteiger partial charge in [0.25, 0.3) is 5.91 Å². The Labute approximate surface area is 188 Å². The lowest BCUT2D eigenvalue weighted by Gasteiger charge is -2.34. The second-order valence-corrected chi connectivity index (χ2v) is 8.08. The lowest BCUT2D eigenvalue weighted by atomic mass is 9.99. The van der Waals surface area contributed by atoms with Crippen LogP contribution < -0.4 is 5.32 Å². The third-order valence-corrected chi connectivity index (χ3v) is 5.70. The molecule has 0 aliphatic carbocycles. The Kier molecular flexibility index (Phi) is 6.97. The summed E-state index contributed by atoms with van der Waals surface area (Å²) in [6.45, 7) is 4.55. The maximum Gasteiger partial charge on any atom is 0.254 e. The van der Waals surface area contributed by atoms with E-state index in [-0.39, 0.29) is 18.4 Å². The number of nitrogens with zero attached hydrogens (tertiary/aromatic N) is 3. The number of nitrogens with one attached hydrogen (secondary N) is 1. The predicted octanol–water partition coefficient (Wildman–Crippen LogP) is 3.16. The second kappa shape index (κ2) is 10.2. The summed E-state index contributed by atoms with van der Waals surface area (Å²) in [6.07, 6.45) is 1.73. The van der Waals surface area contributed by atoms with Crippen LogP contribution >= 0.6 is 0 Å². The Morgan fingerprint density at radius 2 is 1.69 bits per heavy atom. The quantitative estimate of drug-likeness (QED) is 0.621. The van der Waals surface area contributed by atoms with Gasteiger partial charge in [-0.1, -0.05) is 53.7 Å². The van der Waals surface area contributed by atoms with Crippen molar-refractivity contribution in [2.24, 2.45) is 0 Å². The summed E-state index contributed by atoms with van der Waals surface area (Å²) in [6, 6.07) is 19.9. The van der Waals surface area contributed by atoms with Crippen molar-refractivity contribution in [1.29, 1.82) is 0 Å². The van der Waals surface area contributed by atoms with E-state index in [1.54, 1.807) is 13.0 Å². The summed E-state index contributed by atoms with van der Waals surface area (Å²) < 4.78 is 4.97. The van der Waals surface area contributed by atoms with E-state index in [4.69, 9.17) is 4.52 Å². The molecule has 7 heteroatoms. The van der Waals surface area contributed by atoms with Crippen molar-refractivity contribution in [3.8, 4) is 0 Å². The molecule has 1 N–H and O–H groups in total. The molecular formula is C25H28N4O3. The molecule has 4 rings (SSSR count). The Morgan fingerprint density at radius 1 is 0.969 bits per heavy atom. The summed E-state index contributed by atoms with van der Waals surface area (Å²) in [5.41, 5.74) is 3.12. The van der Waals surface area contributed by atoms with Gasteiger partial charge < -0.3 is 14.7 Å². The summed E-state index contributed by atoms with van der Waals surface area (Å²) in [5, 5.41) is 6.52. The van der Waals surface area contributed by atoms with E-state index in [9.17, 15) is 9.59 Å². The van der Waals surface area contributed by atoms with Crippen molar-refractivity contribution in [3.63, 3.8) is 0 Å². The van der Waals surface area contributed by atoms with Crippen LogP contribution in [0.3, 0.4) is 0 Å². The number of hydrogen-bond acceptors (Lipinski definition) is 5. The Morgan fingerprint density at radius 3 is 2.41 bits per heavy atom. The summed E-state index contributed by atoms with van der Waals surface area (Å²) in [7, 11) is 0. The number of benzene rings is 2. The molecule has 0 saturated carbocycles. The molecule has 0 unspecified atom stereocenters. The van der Waals surface area contributed by atoms with Gasteiger partial charge in [0.05, 0.1) is 6.54 Å². The first kappa shape index (κ1) is 21.8. The van der Waals surface area contributed by atoms with Crippen LogP contribution in [0.15, 0.2) is 65.2 Å². The summed E-state index contributed by atoms with van der Waals surface area (Å²) >= 11 is 0. The van der Waals surface area contributed by atoms with Gasteiger partial charge in [-0.25, -0.2) is 0 Å². The van der Waals surface area contributed by atoms with E-state index in [1.165, 1.54) is 5.56 Å². The standard InChI is InChI=1S/C25H28N4O3/c1-19-17-23(27-32-19)26-24(30)18-28-13-15-29(16-14-28)25(31)22-10-6-5-9-21(22)12-11-20-7-3-2-4-8-20/h2-10,17H,11-16,18H2,1H3,(H,26,27,30). The highest BCUT2D eigenvalue weighted by Crippen LogP contribution is 2.16. The molecule has 2 amide bonds. The molecule has 2 aromatic carbocycles. The average Bonchev–Trinajstić information content (AvgIpc) is 3.23. The number of anilines is 1. The smallest absolute Gasteiger partial charge is 0.254 e. The van der Waals surface area contributed by atoms with Crippen LogP contribution in [0, 0.1) is 6.92 Å². The van der Waals surface area contributed by atoms with Gasteiger partial charge in [0.2, 0.25) is 5.91 Å². The van der Waals surface area contributed by atoms with E-state index in [2.05, 4.69) is 22.6 Å². The van der Waals surface area contributed by atoms with Crippen LogP contribution in [-0.4, -0.2) is 59.5 Å². The SMILES string of the molecule is Cc1cc(NC(=O)CN2CCN(C(=O)c3ccccc3CCc3ccccc3)CC2)no1. The van der Waals surface area contributed by atoms with Crippen molar-refractivity contribution < 1.29 is 14.1 Å². The zero-order chi connectivity index (χ0) is 22.3. The number of piperazine rings is 1. The molecule has 1 aliphatic rings. The molecule has 1 saturated heterocycles. The summed E-state index contributed by atoms with van der Waals surface area (Å²) in [5.74, 6) is 1.00. The van der Waals surface area contributed by atoms with Crippen LogP contribution in [0.5, 0.6) is 0 Å². The fraction of sp³-hybridized carbons (Fsp3) is 0.320. The van der Waals surface area contributed by atoms with Crippen LogP contribution in [0.1, 0.15) is 27.2 Å². The van der Waals surface area contributed by atoms with Crippen molar-refractivity contribution in [2.75, 3.05) is 38.0 Å². The molecule has 32 heavy (non-hydrogen) atoms. The van der Waals surface area contributed by atoms with E-state index < -0.39 is 0 Å². The van der Waals surface area contributed by atoms with Crippen molar-refractivity contribution in [1.82, 2.24) is 15.0 Å². The average molecular weight is 433 g/mol. The third-order valence-electron chi connectivity index (χ3n) is 5.70. The van der Waals surface area contributed by atoms with Gasteiger partial charge in [-0.3, -0.25) is 14.5 Å². The molecule has 1 aromatic heterocycles. The summed E-state index contributed by atoms with van der Waals surface area (Å²) in [4.78, 5) is 29.4. The van der Waals surface area contributed by atoms with Gasteiger partial charge in [0.15, 0.2) is 5.82 Å². The van der Waals surface area contributed by atoms with Gasteiger partial charge in [-0.15, -0.1) is 0 Å². The molecular weight excluding hydrogens is 404 g/mol. The van der Waals surface area contributed by atoms with Crippen molar-refractivity contribution in [3.05, 3.63) is 83.1 Å². The minimum absolute atomic E-state index is 0.0656. The number of amides is 2. The zero-order valence-corrected chi connectivity index (χ0v) is 18.3. The fourth-order valence-corrected chi connectivity index (χ4v) is 3.96. The van der Waals surface area contributed by atoms with Crippen LogP contribution in [0.2, 0.25) is 0 Å². The van der Waals surface area contributed by atoms with Crippen molar-refractivity contribution in [2.45, 2.75) is 19.8 Å². The maximum atomic E-state index is 13.2. The zero-order valence-electron chi connectivity index (χ0n) is 18.3. The molecule has 2 heterocycles. The molecule has 0 radical (unpaired) electrons. The van der Waals surface area contributed by atoms with E-state index in [0.29, 0.717) is 37.8 Å². The van der Waals surface area contributed by atoms with Gasteiger partial charge in [-0.05, 0) is 37.0 Å². The van der Waals surface area contributed by atoms with Crippen molar-refractivity contribution >= 4 is 17.6 Å². The van der Waals surface area contributed by atoms with Gasteiger partial charge >= 0.3 is 0 Å². The molecule has 7 nitrogen and oxygen atoms in total. The first-order valence-electron chi connectivity index (χ1n) is 10.9. The van der Waals surface area contributed by atoms with Crippen LogP contribution in [0.25, 0.3) is 0 Å². The maximum absolute atomic E-state index is 13.2. The van der Waals surface area contributed by atoms with Gasteiger partial charge in [-0.2, -0.15) is 0 Å². The molecule has 1 fully saturated rings. The van der Waals surface area contributed by atoms with E-state index in [1.807, 2.05) is 52.3 Å². The second-order valence-electron chi connectivity index (χ2n) is 8.08. The first-order valence-corrected chi connectivity index (χ1v) is 10.9. The van der Waals surface area contributed by atoms with E-state index in [0.717, 1.165) is 24.0 Å². The fourth-order valence-electron chi connectivity index (χ4n) is 3.96. The number of carbonyl (C=O) groups is 2. The predicted molar refractivity (Wildman–Crippen MR) is 123 cm³/mol. The van der Waals surface area contributed by atoms with Gasteiger partial charge in [0.1, 0.15) is 5.76 Å². The van der Waals surface area contributed by atoms with Crippen LogP contribution in [-0.2, 0) is 17.6 Å². The molecule has 1 aliphatic heterocycles. The Balaban J connectivity index is 1.30. The molecule has 0 atom stereocenters. The highest BCUT2D eigenvalue weighted by Gasteiger charge is 2.24. The monoisotopic (exact) mass is 432 g/mol. The number of aryl methyl sites for hydroxylation is 3. The first-order chi connectivity index (χ1) is 15.6. The highest BCUT2D eigenvalue weighted by molar-refractivity contribution is 5.96. The largest absolute Gasteiger partial charge is 0.360 e. The number of hydrogen-bond donors (Lipinski definition) is 1. The van der Waals surface area contributed by atoms with E-state index >= 15 is 0 Å². The molecule has 0 bridgehead atoms. The highest BCUT2D eigenvalue weighted by atomic mass is 16.5. The topological polar surface area (TPSA) is 78.7 Å². The van der Waals surface area contributed by atoms with Gasteiger partial charge in [0, 0.05) is 37.8 Å². The minimum atomic E-state index is -0.135. The third kappa shape index (κ3) is 5.62. The lowest BCUT2D eigenvalue weighted by Crippen LogP contribution is -2.50. The minimum Gasteiger partial charge on any atom is -0.360 e. The normalized spacial score (nSPS) is 14.3. The lowest BCUT2D eigenvalue weighted by molar-refractivity contribution is -0.117. The van der Waals surface area contributed by atoms with Crippen LogP contribution in [0.4, 0.5) is 5.82 Å². The molecule has 0 spiro atoms. The Hall–Kier alpha value is -3.45. The molecule has 3 aromatic rings.